The van der Waals surface area contributed by atoms with Crippen molar-refractivity contribution in [2.45, 2.75) is 70.9 Å². The number of nitrogens with one attached hydrogen (secondary N) is 1. The minimum atomic E-state index is -0.419. The average molecular weight is 390 g/mol. The maximum Gasteiger partial charge on any atom is 0.263 e. The molecule has 0 atom stereocenters. The fourth-order valence-electron chi connectivity index (χ4n) is 3.38. The van der Waals surface area contributed by atoms with E-state index in [2.05, 4.69) is 31.1 Å². The van der Waals surface area contributed by atoms with E-state index in [1.807, 2.05) is 11.4 Å². The van der Waals surface area contributed by atoms with Gasteiger partial charge in [0.2, 0.25) is 0 Å². The molecular formula is C20H27N3O3S. The second-order valence-electron chi connectivity index (χ2n) is 8.29. The number of aliphatic hydroxyl groups excluding tert-OH is 1. The van der Waals surface area contributed by atoms with E-state index in [9.17, 15) is 14.7 Å². The molecule has 27 heavy (non-hydrogen) atoms. The molecule has 0 radical (unpaired) electrons. The normalized spacial score (nSPS) is 20.5. The summed E-state index contributed by atoms with van der Waals surface area (Å²) in [5.74, 6) is -0.419. The van der Waals surface area contributed by atoms with Crippen LogP contribution >= 0.6 is 11.3 Å². The highest BCUT2D eigenvalue weighted by Crippen LogP contribution is 2.28. The first-order valence-corrected chi connectivity index (χ1v) is 10.2. The number of hydrogen-bond acceptors (Lipinski definition) is 5. The standard InChI is InChI=1S/C20H27N3O3S/c1-12-9-10-23(13-5-7-14(24)8-6-13)18(26)16(12)17(25)22-19-21-15(11-27-19)20(2,3)4/h9-11,13-14,24H,5-8H2,1-4H3,(H,21,22,25). The topological polar surface area (TPSA) is 84.2 Å². The first-order chi connectivity index (χ1) is 12.7. The molecule has 2 heterocycles. The second kappa shape index (κ2) is 7.56. The third-order valence-corrected chi connectivity index (χ3v) is 5.87. The summed E-state index contributed by atoms with van der Waals surface area (Å²) in [5.41, 5.74) is 1.35. The van der Waals surface area contributed by atoms with Crippen LogP contribution in [0, 0.1) is 6.92 Å². The van der Waals surface area contributed by atoms with Crippen molar-refractivity contribution in [2.75, 3.05) is 5.32 Å². The van der Waals surface area contributed by atoms with E-state index in [1.54, 1.807) is 17.7 Å². The molecule has 1 aliphatic carbocycles. The molecule has 1 fully saturated rings. The predicted molar refractivity (Wildman–Crippen MR) is 108 cm³/mol. The van der Waals surface area contributed by atoms with E-state index in [-0.39, 0.29) is 28.7 Å². The number of pyridine rings is 1. The van der Waals surface area contributed by atoms with Gasteiger partial charge in [-0.05, 0) is 44.2 Å². The van der Waals surface area contributed by atoms with E-state index < -0.39 is 5.91 Å². The smallest absolute Gasteiger partial charge is 0.263 e. The van der Waals surface area contributed by atoms with Gasteiger partial charge in [-0.15, -0.1) is 11.3 Å². The Kier molecular flexibility index (Phi) is 5.53. The Morgan fingerprint density at radius 1 is 1.30 bits per heavy atom. The summed E-state index contributed by atoms with van der Waals surface area (Å²) in [6.45, 7) is 7.96. The lowest BCUT2D eigenvalue weighted by Gasteiger charge is -2.27. The Hall–Kier alpha value is -1.99. The zero-order valence-corrected chi connectivity index (χ0v) is 17.1. The van der Waals surface area contributed by atoms with Crippen molar-refractivity contribution in [3.05, 3.63) is 44.8 Å². The van der Waals surface area contributed by atoms with Crippen molar-refractivity contribution < 1.29 is 9.90 Å². The Labute approximate surface area is 163 Å². The number of carbonyl (C=O) groups excluding carboxylic acids is 1. The van der Waals surface area contributed by atoms with Crippen LogP contribution in [0.1, 0.15) is 74.1 Å². The first-order valence-electron chi connectivity index (χ1n) is 9.34. The van der Waals surface area contributed by atoms with E-state index in [1.165, 1.54) is 11.3 Å². The third-order valence-electron chi connectivity index (χ3n) is 5.11. The molecule has 146 valence electrons. The molecule has 0 aromatic carbocycles. The molecule has 0 spiro atoms. The quantitative estimate of drug-likeness (QED) is 0.839. The highest BCUT2D eigenvalue weighted by atomic mass is 32.1. The van der Waals surface area contributed by atoms with Crippen molar-refractivity contribution in [1.29, 1.82) is 0 Å². The van der Waals surface area contributed by atoms with Gasteiger partial charge in [-0.25, -0.2) is 4.98 Å². The minimum absolute atomic E-state index is 0.0282. The maximum atomic E-state index is 13.0. The number of thiazole rings is 1. The Bertz CT molecular complexity index is 887. The van der Waals surface area contributed by atoms with Gasteiger partial charge in [0.15, 0.2) is 5.13 Å². The highest BCUT2D eigenvalue weighted by molar-refractivity contribution is 7.14. The van der Waals surface area contributed by atoms with Gasteiger partial charge in [-0.3, -0.25) is 14.9 Å². The first kappa shape index (κ1) is 19.8. The molecular weight excluding hydrogens is 362 g/mol. The number of nitrogens with zero attached hydrogens (tertiary/aromatic N) is 2. The largest absolute Gasteiger partial charge is 0.393 e. The molecule has 1 aliphatic rings. The van der Waals surface area contributed by atoms with Crippen molar-refractivity contribution in [1.82, 2.24) is 9.55 Å². The molecule has 2 N–H and O–H groups in total. The molecule has 0 saturated heterocycles. The third kappa shape index (κ3) is 4.30. The number of aryl methyl sites for hydroxylation is 1. The van der Waals surface area contributed by atoms with Crippen LogP contribution in [0.3, 0.4) is 0 Å². The monoisotopic (exact) mass is 389 g/mol. The molecule has 0 unspecified atom stereocenters. The molecule has 0 aliphatic heterocycles. The molecule has 3 rings (SSSR count). The molecule has 2 aromatic heterocycles. The van der Waals surface area contributed by atoms with Gasteiger partial charge in [0.1, 0.15) is 5.56 Å². The van der Waals surface area contributed by atoms with Crippen molar-refractivity contribution in [3.8, 4) is 0 Å². The van der Waals surface area contributed by atoms with Gasteiger partial charge in [0.25, 0.3) is 11.5 Å². The van der Waals surface area contributed by atoms with Gasteiger partial charge >= 0.3 is 0 Å². The number of rotatable bonds is 3. The number of aromatic nitrogens is 2. The van der Waals surface area contributed by atoms with Gasteiger partial charge in [-0.2, -0.15) is 0 Å². The number of anilines is 1. The molecule has 0 bridgehead atoms. The van der Waals surface area contributed by atoms with Gasteiger partial charge in [-0.1, -0.05) is 20.8 Å². The summed E-state index contributed by atoms with van der Waals surface area (Å²) >= 11 is 1.36. The van der Waals surface area contributed by atoms with E-state index in [4.69, 9.17) is 0 Å². The van der Waals surface area contributed by atoms with E-state index in [0.717, 1.165) is 18.5 Å². The Morgan fingerprint density at radius 2 is 1.96 bits per heavy atom. The zero-order valence-electron chi connectivity index (χ0n) is 16.3. The maximum absolute atomic E-state index is 13.0. The van der Waals surface area contributed by atoms with Gasteiger partial charge in [0.05, 0.1) is 11.8 Å². The van der Waals surface area contributed by atoms with Crippen molar-refractivity contribution in [3.63, 3.8) is 0 Å². The fraction of sp³-hybridized carbons (Fsp3) is 0.550. The van der Waals surface area contributed by atoms with Crippen LogP contribution in [0.2, 0.25) is 0 Å². The lowest BCUT2D eigenvalue weighted by Crippen LogP contribution is -2.34. The number of carbonyl (C=O) groups is 1. The Morgan fingerprint density at radius 3 is 2.56 bits per heavy atom. The summed E-state index contributed by atoms with van der Waals surface area (Å²) in [6, 6.07) is 1.84. The summed E-state index contributed by atoms with van der Waals surface area (Å²) < 4.78 is 1.65. The predicted octanol–water partition coefficient (Wildman–Crippen LogP) is 3.64. The number of amides is 1. The summed E-state index contributed by atoms with van der Waals surface area (Å²) in [6.07, 6.45) is 4.33. The fourth-order valence-corrected chi connectivity index (χ4v) is 4.31. The van der Waals surface area contributed by atoms with Crippen LogP contribution in [0.25, 0.3) is 0 Å². The second-order valence-corrected chi connectivity index (χ2v) is 9.15. The Balaban J connectivity index is 1.85. The lowest BCUT2D eigenvalue weighted by atomic mass is 9.92. The SMILES string of the molecule is Cc1ccn(C2CCC(O)CC2)c(=O)c1C(=O)Nc1nc(C(C)(C)C)cs1. The van der Waals surface area contributed by atoms with Gasteiger partial charge in [0, 0.05) is 23.0 Å². The van der Waals surface area contributed by atoms with Crippen LogP contribution in [-0.2, 0) is 5.41 Å². The molecule has 6 nitrogen and oxygen atoms in total. The van der Waals surface area contributed by atoms with Crippen LogP contribution < -0.4 is 10.9 Å². The number of aliphatic hydroxyl groups is 1. The zero-order chi connectivity index (χ0) is 19.8. The van der Waals surface area contributed by atoms with Crippen LogP contribution in [0.15, 0.2) is 22.4 Å². The summed E-state index contributed by atoms with van der Waals surface area (Å²) in [5, 5.41) is 14.9. The summed E-state index contributed by atoms with van der Waals surface area (Å²) in [7, 11) is 0. The molecule has 2 aromatic rings. The average Bonchev–Trinajstić information content (AvgIpc) is 3.05. The number of hydrogen-bond donors (Lipinski definition) is 2. The van der Waals surface area contributed by atoms with E-state index >= 15 is 0 Å². The van der Waals surface area contributed by atoms with Gasteiger partial charge < -0.3 is 9.67 Å². The molecule has 7 heteroatoms. The van der Waals surface area contributed by atoms with Crippen LogP contribution in [-0.4, -0.2) is 26.7 Å². The van der Waals surface area contributed by atoms with E-state index in [0.29, 0.717) is 23.5 Å². The molecule has 1 amide bonds. The van der Waals surface area contributed by atoms with Crippen LogP contribution in [0.4, 0.5) is 5.13 Å². The lowest BCUT2D eigenvalue weighted by molar-refractivity contribution is 0.101. The molecule has 1 saturated carbocycles. The van der Waals surface area contributed by atoms with Crippen molar-refractivity contribution >= 4 is 22.4 Å². The highest BCUT2D eigenvalue weighted by Gasteiger charge is 2.25. The summed E-state index contributed by atoms with van der Waals surface area (Å²) in [4.78, 5) is 30.3. The van der Waals surface area contributed by atoms with Crippen molar-refractivity contribution in [2.24, 2.45) is 0 Å². The van der Waals surface area contributed by atoms with Crippen LogP contribution in [0.5, 0.6) is 0 Å². The minimum Gasteiger partial charge on any atom is -0.393 e.